The van der Waals surface area contributed by atoms with Gasteiger partial charge in [-0.1, -0.05) is 66.5 Å². The Kier molecular flexibility index (Phi) is 7.98. The van der Waals surface area contributed by atoms with Crippen molar-refractivity contribution in [1.29, 1.82) is 0 Å². The molecule has 0 radical (unpaired) electrons. The first-order chi connectivity index (χ1) is 14.1. The van der Waals surface area contributed by atoms with Gasteiger partial charge in [-0.25, -0.2) is 0 Å². The number of carbonyl (C=O) groups is 1. The summed E-state index contributed by atoms with van der Waals surface area (Å²) < 4.78 is 5.78. The van der Waals surface area contributed by atoms with Crippen LogP contribution in [0, 0.1) is 0 Å². The van der Waals surface area contributed by atoms with Crippen molar-refractivity contribution in [3.05, 3.63) is 63.6 Å². The highest BCUT2D eigenvalue weighted by Gasteiger charge is 2.31. The Hall–Kier alpha value is -2.02. The first kappa shape index (κ1) is 21.7. The second-order valence-electron chi connectivity index (χ2n) is 6.39. The zero-order chi connectivity index (χ0) is 20.6. The fourth-order valence-corrected chi connectivity index (χ4v) is 4.18. The van der Waals surface area contributed by atoms with Gasteiger partial charge in [0.15, 0.2) is 5.17 Å². The third kappa shape index (κ3) is 5.98. The van der Waals surface area contributed by atoms with Gasteiger partial charge in [-0.3, -0.25) is 4.79 Å². The van der Waals surface area contributed by atoms with Crippen LogP contribution in [0.1, 0.15) is 30.9 Å². The number of nitrogens with zero attached hydrogens (tertiary/aromatic N) is 2. The molecule has 3 rings (SSSR count). The fraction of sp³-hybridized carbons (Fsp3) is 0.286. The molecule has 1 aliphatic rings. The lowest BCUT2D eigenvalue weighted by Crippen LogP contribution is -2.26. The van der Waals surface area contributed by atoms with Crippen molar-refractivity contribution in [3.8, 4) is 5.75 Å². The zero-order valence-electron chi connectivity index (χ0n) is 15.9. The van der Waals surface area contributed by atoms with Crippen LogP contribution in [0.4, 0.5) is 0 Å². The molecule has 0 saturated carbocycles. The van der Waals surface area contributed by atoms with Gasteiger partial charge >= 0.3 is 0 Å². The van der Waals surface area contributed by atoms with E-state index < -0.39 is 0 Å². The molecule has 2 aromatic rings. The number of rotatable bonds is 8. The first-order valence-electron chi connectivity index (χ1n) is 9.31. The molecule has 1 N–H and O–H groups in total. The lowest BCUT2D eigenvalue weighted by Gasteiger charge is -2.09. The van der Waals surface area contributed by atoms with E-state index >= 15 is 0 Å². The van der Waals surface area contributed by atoms with Crippen molar-refractivity contribution in [1.82, 2.24) is 5.32 Å². The van der Waals surface area contributed by atoms with Crippen LogP contribution in [0.2, 0.25) is 10.0 Å². The van der Waals surface area contributed by atoms with Gasteiger partial charge in [0.05, 0.1) is 18.1 Å². The van der Waals surface area contributed by atoms with Gasteiger partial charge in [0.2, 0.25) is 5.91 Å². The van der Waals surface area contributed by atoms with E-state index in [1.165, 1.54) is 11.8 Å². The molecule has 0 bridgehead atoms. The summed E-state index contributed by atoms with van der Waals surface area (Å²) in [4.78, 5) is 12.3. The molecule has 1 heterocycles. The van der Waals surface area contributed by atoms with Crippen molar-refractivity contribution >= 4 is 52.3 Å². The van der Waals surface area contributed by atoms with Crippen molar-refractivity contribution < 1.29 is 9.53 Å². The molecule has 0 spiro atoms. The molecule has 1 fully saturated rings. The number of ether oxygens (including phenoxy) is 1. The average Bonchev–Trinajstić information content (AvgIpc) is 3.05. The van der Waals surface area contributed by atoms with Gasteiger partial charge in [-0.2, -0.15) is 5.10 Å². The summed E-state index contributed by atoms with van der Waals surface area (Å²) in [6.07, 6.45) is 4.11. The average molecular weight is 450 g/mol. The maximum atomic E-state index is 12.3. The molecule has 8 heteroatoms. The molecule has 0 aliphatic carbocycles. The molecule has 0 aromatic heterocycles. The van der Waals surface area contributed by atoms with Gasteiger partial charge in [0.1, 0.15) is 5.75 Å². The Morgan fingerprint density at radius 3 is 2.69 bits per heavy atom. The number of nitrogens with one attached hydrogen (secondary N) is 1. The summed E-state index contributed by atoms with van der Waals surface area (Å²) in [6, 6.07) is 13.0. The van der Waals surface area contributed by atoms with Crippen molar-refractivity contribution in [2.75, 3.05) is 6.61 Å². The molecule has 1 amide bonds. The Labute approximate surface area is 184 Å². The quantitative estimate of drug-likeness (QED) is 0.336. The maximum absolute atomic E-state index is 12.3. The molecular weight excluding hydrogens is 429 g/mol. The summed E-state index contributed by atoms with van der Waals surface area (Å²) in [5.41, 5.74) is 1.59. The van der Waals surface area contributed by atoms with Gasteiger partial charge in [0, 0.05) is 15.6 Å². The molecule has 2 aromatic carbocycles. The van der Waals surface area contributed by atoms with E-state index in [2.05, 4.69) is 22.4 Å². The van der Waals surface area contributed by atoms with E-state index in [9.17, 15) is 4.79 Å². The number of amidine groups is 1. The van der Waals surface area contributed by atoms with Crippen LogP contribution in [-0.4, -0.2) is 29.1 Å². The van der Waals surface area contributed by atoms with Gasteiger partial charge < -0.3 is 10.1 Å². The number of carbonyl (C=O) groups excluding carboxylic acids is 1. The largest absolute Gasteiger partial charge is 0.493 e. The minimum atomic E-state index is -0.356. The standard InChI is InChI=1S/C21H21Cl2N3O2S/c1-2-3-11-28-18-10-5-4-7-14(18)13-24-26-21-25-20(27)19(29-21)12-15-16(22)8-6-9-17(15)23/h4-10,13,19H,2-3,11-12H2,1H3,(H,25,26,27). The number of hydrogen-bond acceptors (Lipinski definition) is 5. The Morgan fingerprint density at radius 2 is 1.93 bits per heavy atom. The van der Waals surface area contributed by atoms with E-state index in [0.29, 0.717) is 28.2 Å². The molecule has 1 aliphatic heterocycles. The highest BCUT2D eigenvalue weighted by Crippen LogP contribution is 2.30. The number of halogens is 2. The molecule has 5 nitrogen and oxygen atoms in total. The van der Waals surface area contributed by atoms with E-state index in [0.717, 1.165) is 29.7 Å². The Balaban J connectivity index is 1.65. The minimum Gasteiger partial charge on any atom is -0.493 e. The molecular formula is C21H21Cl2N3O2S. The topological polar surface area (TPSA) is 63.1 Å². The van der Waals surface area contributed by atoms with Crippen LogP contribution >= 0.6 is 35.0 Å². The lowest BCUT2D eigenvalue weighted by atomic mass is 10.1. The first-order valence-corrected chi connectivity index (χ1v) is 10.9. The molecule has 1 atom stereocenters. The number of unbranched alkanes of at least 4 members (excludes halogenated alkanes) is 1. The van der Waals surface area contributed by atoms with Gasteiger partial charge in [-0.05, 0) is 42.7 Å². The lowest BCUT2D eigenvalue weighted by molar-refractivity contribution is -0.118. The molecule has 29 heavy (non-hydrogen) atoms. The number of hydrogen-bond donors (Lipinski definition) is 1. The van der Waals surface area contributed by atoms with Crippen LogP contribution in [0.3, 0.4) is 0 Å². The van der Waals surface area contributed by atoms with Gasteiger partial charge in [-0.15, -0.1) is 5.10 Å². The third-order valence-electron chi connectivity index (χ3n) is 4.25. The second-order valence-corrected chi connectivity index (χ2v) is 8.40. The minimum absolute atomic E-state index is 0.136. The number of amides is 1. The van der Waals surface area contributed by atoms with Crippen LogP contribution < -0.4 is 10.1 Å². The fourth-order valence-electron chi connectivity index (χ4n) is 2.69. The normalized spacial score (nSPS) is 17.8. The summed E-state index contributed by atoms with van der Waals surface area (Å²) in [6.45, 7) is 2.78. The highest BCUT2D eigenvalue weighted by molar-refractivity contribution is 8.15. The van der Waals surface area contributed by atoms with Crippen molar-refractivity contribution in [2.45, 2.75) is 31.4 Å². The summed E-state index contributed by atoms with van der Waals surface area (Å²) >= 11 is 13.7. The van der Waals surface area contributed by atoms with Crippen molar-refractivity contribution in [3.63, 3.8) is 0 Å². The maximum Gasteiger partial charge on any atom is 0.239 e. The van der Waals surface area contributed by atoms with Crippen LogP contribution in [-0.2, 0) is 11.2 Å². The highest BCUT2D eigenvalue weighted by atomic mass is 35.5. The number of benzene rings is 2. The smallest absolute Gasteiger partial charge is 0.239 e. The monoisotopic (exact) mass is 449 g/mol. The van der Waals surface area contributed by atoms with Crippen LogP contribution in [0.15, 0.2) is 52.7 Å². The number of thioether (sulfide) groups is 1. The van der Waals surface area contributed by atoms with E-state index in [-0.39, 0.29) is 11.2 Å². The number of para-hydroxylation sites is 1. The third-order valence-corrected chi connectivity index (χ3v) is 6.03. The molecule has 1 unspecified atom stereocenters. The van der Waals surface area contributed by atoms with E-state index in [1.807, 2.05) is 24.3 Å². The predicted molar refractivity (Wildman–Crippen MR) is 122 cm³/mol. The summed E-state index contributed by atoms with van der Waals surface area (Å²) in [7, 11) is 0. The Bertz CT molecular complexity index is 914. The van der Waals surface area contributed by atoms with Crippen LogP contribution in [0.25, 0.3) is 0 Å². The van der Waals surface area contributed by atoms with Gasteiger partial charge in [0.25, 0.3) is 0 Å². The molecule has 152 valence electrons. The molecule has 1 saturated heterocycles. The van der Waals surface area contributed by atoms with Crippen molar-refractivity contribution in [2.24, 2.45) is 10.2 Å². The van der Waals surface area contributed by atoms with E-state index in [4.69, 9.17) is 27.9 Å². The van der Waals surface area contributed by atoms with Crippen LogP contribution in [0.5, 0.6) is 5.75 Å². The zero-order valence-corrected chi connectivity index (χ0v) is 18.2. The second kappa shape index (κ2) is 10.7. The summed E-state index contributed by atoms with van der Waals surface area (Å²) in [5.74, 6) is 0.627. The predicted octanol–water partition coefficient (Wildman–Crippen LogP) is 5.34. The van der Waals surface area contributed by atoms with E-state index in [1.54, 1.807) is 24.4 Å². The SMILES string of the molecule is CCCCOc1ccccc1C=N/N=C1\NC(=O)C(Cc2c(Cl)cccc2Cl)S1. The summed E-state index contributed by atoms with van der Waals surface area (Å²) in [5, 5.41) is 12.2. The Morgan fingerprint density at radius 1 is 1.17 bits per heavy atom.